The fraction of sp³-hybridized carbons (Fsp3) is 0.500. The van der Waals surface area contributed by atoms with E-state index in [2.05, 4.69) is 17.6 Å². The lowest BCUT2D eigenvalue weighted by molar-refractivity contribution is 0.445. The molecule has 1 aromatic rings. The molecule has 2 unspecified atom stereocenters. The van der Waals surface area contributed by atoms with Crippen molar-refractivity contribution < 1.29 is 8.42 Å². The lowest BCUT2D eigenvalue weighted by Gasteiger charge is -2.32. The number of sulfone groups is 1. The number of benzene rings is 1. The van der Waals surface area contributed by atoms with Crippen LogP contribution in [0.15, 0.2) is 24.3 Å². The van der Waals surface area contributed by atoms with E-state index in [9.17, 15) is 8.42 Å². The Kier molecular flexibility index (Phi) is 3.51. The van der Waals surface area contributed by atoms with Gasteiger partial charge >= 0.3 is 0 Å². The van der Waals surface area contributed by atoms with Gasteiger partial charge < -0.3 is 0 Å². The standard InChI is InChI=1S/C12H18N2O2S/c1-17(15,16)8-11(14-13)7-10-6-9-4-2-3-5-12(9)10/h2-5,10-11,14H,6-8,13H2,1H3. The Morgan fingerprint density at radius 3 is 2.76 bits per heavy atom. The summed E-state index contributed by atoms with van der Waals surface area (Å²) in [6, 6.07) is 8.12. The second-order valence-corrected chi connectivity index (χ2v) is 6.98. The highest BCUT2D eigenvalue weighted by Gasteiger charge is 2.28. The molecular weight excluding hydrogens is 236 g/mol. The summed E-state index contributed by atoms with van der Waals surface area (Å²) in [5.74, 6) is 5.95. The molecule has 17 heavy (non-hydrogen) atoms. The van der Waals surface area contributed by atoms with Crippen molar-refractivity contribution in [2.75, 3.05) is 12.0 Å². The van der Waals surface area contributed by atoms with E-state index in [1.807, 2.05) is 12.1 Å². The summed E-state index contributed by atoms with van der Waals surface area (Å²) in [5, 5.41) is 0. The van der Waals surface area contributed by atoms with E-state index >= 15 is 0 Å². The van der Waals surface area contributed by atoms with Gasteiger partial charge in [-0.2, -0.15) is 0 Å². The average Bonchev–Trinajstić information content (AvgIpc) is 2.22. The van der Waals surface area contributed by atoms with E-state index < -0.39 is 9.84 Å². The number of rotatable bonds is 5. The topological polar surface area (TPSA) is 72.2 Å². The van der Waals surface area contributed by atoms with E-state index in [1.165, 1.54) is 17.4 Å². The lowest BCUT2D eigenvalue weighted by atomic mass is 9.75. The number of hydrogen-bond acceptors (Lipinski definition) is 4. The number of nitrogens with one attached hydrogen (secondary N) is 1. The first-order valence-corrected chi connectivity index (χ1v) is 7.77. The molecular formula is C12H18N2O2S. The molecule has 2 rings (SSSR count). The van der Waals surface area contributed by atoms with Crippen molar-refractivity contribution in [3.05, 3.63) is 35.4 Å². The van der Waals surface area contributed by atoms with Crippen molar-refractivity contribution in [1.82, 2.24) is 5.43 Å². The molecule has 3 N–H and O–H groups in total. The zero-order chi connectivity index (χ0) is 12.5. The normalized spacial score (nSPS) is 20.5. The van der Waals surface area contributed by atoms with Crippen molar-refractivity contribution in [1.29, 1.82) is 0 Å². The van der Waals surface area contributed by atoms with Crippen molar-refractivity contribution >= 4 is 9.84 Å². The lowest BCUT2D eigenvalue weighted by Crippen LogP contribution is -2.42. The molecule has 0 aromatic heterocycles. The zero-order valence-corrected chi connectivity index (χ0v) is 10.7. The van der Waals surface area contributed by atoms with Gasteiger partial charge in [-0.05, 0) is 29.9 Å². The van der Waals surface area contributed by atoms with E-state index in [4.69, 9.17) is 5.84 Å². The summed E-state index contributed by atoms with van der Waals surface area (Å²) < 4.78 is 22.5. The van der Waals surface area contributed by atoms with Crippen LogP contribution in [-0.2, 0) is 16.3 Å². The molecule has 94 valence electrons. The fourth-order valence-electron chi connectivity index (χ4n) is 2.47. The molecule has 0 radical (unpaired) electrons. The summed E-state index contributed by atoms with van der Waals surface area (Å²) in [4.78, 5) is 0. The van der Waals surface area contributed by atoms with Crippen molar-refractivity contribution in [2.24, 2.45) is 5.84 Å². The molecule has 0 aliphatic heterocycles. The third kappa shape index (κ3) is 3.06. The average molecular weight is 254 g/mol. The van der Waals surface area contributed by atoms with E-state index in [0.29, 0.717) is 5.92 Å². The fourth-order valence-corrected chi connectivity index (χ4v) is 3.43. The number of fused-ring (bicyclic) bond motifs is 1. The molecule has 0 bridgehead atoms. The quantitative estimate of drug-likeness (QED) is 0.596. The largest absolute Gasteiger partial charge is 0.271 e. The Balaban J connectivity index is 1.98. The minimum absolute atomic E-state index is 0.0994. The number of hydrazine groups is 1. The molecule has 0 saturated heterocycles. The molecule has 4 nitrogen and oxygen atoms in total. The van der Waals surface area contributed by atoms with Crippen LogP contribution in [0.4, 0.5) is 0 Å². The highest BCUT2D eigenvalue weighted by Crippen LogP contribution is 2.37. The van der Waals surface area contributed by atoms with Crippen molar-refractivity contribution in [2.45, 2.75) is 24.8 Å². The van der Waals surface area contributed by atoms with Crippen LogP contribution in [0.1, 0.15) is 23.5 Å². The highest BCUT2D eigenvalue weighted by molar-refractivity contribution is 7.90. The van der Waals surface area contributed by atoms with Gasteiger partial charge in [0.25, 0.3) is 0 Å². The number of hydrogen-bond donors (Lipinski definition) is 2. The SMILES string of the molecule is CS(=O)(=O)CC(CC1Cc2ccccc21)NN. The van der Waals surface area contributed by atoms with Crippen LogP contribution in [0.2, 0.25) is 0 Å². The molecule has 5 heteroatoms. The molecule has 0 fully saturated rings. The summed E-state index contributed by atoms with van der Waals surface area (Å²) >= 11 is 0. The Labute approximate surface area is 102 Å². The van der Waals surface area contributed by atoms with Crippen LogP contribution in [-0.4, -0.2) is 26.5 Å². The summed E-state index contributed by atoms with van der Waals surface area (Å²) in [7, 11) is -2.99. The maximum absolute atomic E-state index is 11.2. The van der Waals surface area contributed by atoms with Crippen LogP contribution in [0.5, 0.6) is 0 Å². The predicted octanol–water partition coefficient (Wildman–Crippen LogP) is 0.593. The second-order valence-electron chi connectivity index (χ2n) is 4.79. The maximum atomic E-state index is 11.2. The van der Waals surface area contributed by atoms with Gasteiger partial charge in [-0.25, -0.2) is 8.42 Å². The minimum atomic E-state index is -2.99. The Morgan fingerprint density at radius 1 is 1.47 bits per heavy atom. The van der Waals surface area contributed by atoms with Gasteiger partial charge in [-0.3, -0.25) is 11.3 Å². The molecule has 0 saturated carbocycles. The summed E-state index contributed by atoms with van der Waals surface area (Å²) in [5.41, 5.74) is 5.31. The van der Waals surface area contributed by atoms with Gasteiger partial charge in [-0.1, -0.05) is 24.3 Å². The van der Waals surface area contributed by atoms with E-state index in [0.717, 1.165) is 12.8 Å². The van der Waals surface area contributed by atoms with Crippen LogP contribution in [0.25, 0.3) is 0 Å². The smallest absolute Gasteiger partial charge is 0.149 e. The van der Waals surface area contributed by atoms with Crippen molar-refractivity contribution in [3.8, 4) is 0 Å². The van der Waals surface area contributed by atoms with E-state index in [1.54, 1.807) is 0 Å². The first kappa shape index (κ1) is 12.5. The molecule has 1 aliphatic rings. The Morgan fingerprint density at radius 2 is 2.18 bits per heavy atom. The van der Waals surface area contributed by atoms with Crippen LogP contribution in [0, 0.1) is 0 Å². The predicted molar refractivity (Wildman–Crippen MR) is 68.3 cm³/mol. The minimum Gasteiger partial charge on any atom is -0.271 e. The van der Waals surface area contributed by atoms with Gasteiger partial charge in [0.15, 0.2) is 0 Å². The van der Waals surface area contributed by atoms with Crippen molar-refractivity contribution in [3.63, 3.8) is 0 Å². The maximum Gasteiger partial charge on any atom is 0.149 e. The monoisotopic (exact) mass is 254 g/mol. The Bertz CT molecular complexity index is 499. The Hall–Kier alpha value is -0.910. The first-order valence-electron chi connectivity index (χ1n) is 5.71. The highest BCUT2D eigenvalue weighted by atomic mass is 32.2. The van der Waals surface area contributed by atoms with Gasteiger partial charge in [0, 0.05) is 12.3 Å². The molecule has 0 amide bonds. The molecule has 1 aromatic carbocycles. The zero-order valence-electron chi connectivity index (χ0n) is 9.89. The van der Waals surface area contributed by atoms with E-state index in [-0.39, 0.29) is 11.8 Å². The molecule has 2 atom stereocenters. The van der Waals surface area contributed by atoms with Gasteiger partial charge in [-0.15, -0.1) is 0 Å². The summed E-state index contributed by atoms with van der Waals surface area (Å²) in [6.45, 7) is 0. The first-order chi connectivity index (χ1) is 7.99. The van der Waals surface area contributed by atoms with Gasteiger partial charge in [0.1, 0.15) is 9.84 Å². The molecule has 1 aliphatic carbocycles. The van der Waals surface area contributed by atoms with Crippen LogP contribution in [0.3, 0.4) is 0 Å². The second kappa shape index (κ2) is 4.76. The third-order valence-corrected chi connectivity index (χ3v) is 4.28. The van der Waals surface area contributed by atoms with Gasteiger partial charge in [0.2, 0.25) is 0 Å². The molecule has 0 heterocycles. The van der Waals surface area contributed by atoms with Crippen LogP contribution >= 0.6 is 0 Å². The third-order valence-electron chi connectivity index (χ3n) is 3.27. The van der Waals surface area contributed by atoms with Gasteiger partial charge in [0.05, 0.1) is 5.75 Å². The number of nitrogens with two attached hydrogens (primary N) is 1. The van der Waals surface area contributed by atoms with Crippen LogP contribution < -0.4 is 11.3 Å². The molecule has 0 spiro atoms. The summed E-state index contributed by atoms with van der Waals surface area (Å²) in [6.07, 6.45) is 3.05.